The smallest absolute Gasteiger partial charge is 0.177 e. The van der Waals surface area contributed by atoms with Crippen LogP contribution in [0.25, 0.3) is 0 Å². The third-order valence-corrected chi connectivity index (χ3v) is 6.37. The standard InChI is InChI=1S/C15H23NO4S2/c1-11(2)13-6-5-9-16(13)14-8-7-12(21(3,17)18)10-15(14)22(4,19)20/h7-8,10-11,13H,5-6,9H2,1-4H3. The molecule has 2 rings (SSSR count). The zero-order valence-corrected chi connectivity index (χ0v) is 15.0. The maximum Gasteiger partial charge on any atom is 0.177 e. The Morgan fingerprint density at radius 1 is 1.09 bits per heavy atom. The molecule has 0 amide bonds. The van der Waals surface area contributed by atoms with Crippen LogP contribution < -0.4 is 4.90 Å². The molecule has 124 valence electrons. The number of anilines is 1. The van der Waals surface area contributed by atoms with Gasteiger partial charge in [-0.05, 0) is 37.0 Å². The first-order chi connectivity index (χ1) is 10.0. The highest BCUT2D eigenvalue weighted by Crippen LogP contribution is 2.35. The van der Waals surface area contributed by atoms with E-state index in [0.29, 0.717) is 11.6 Å². The average Bonchev–Trinajstić information content (AvgIpc) is 2.85. The topological polar surface area (TPSA) is 71.5 Å². The van der Waals surface area contributed by atoms with Crippen molar-refractivity contribution >= 4 is 25.4 Å². The maximum absolute atomic E-state index is 12.1. The third-order valence-electron chi connectivity index (χ3n) is 4.14. The van der Waals surface area contributed by atoms with Gasteiger partial charge in [-0.3, -0.25) is 0 Å². The van der Waals surface area contributed by atoms with Crippen molar-refractivity contribution in [2.75, 3.05) is 24.0 Å². The van der Waals surface area contributed by atoms with Crippen LogP contribution in [0.4, 0.5) is 5.69 Å². The van der Waals surface area contributed by atoms with Crippen LogP contribution in [0.2, 0.25) is 0 Å². The zero-order chi connectivity index (χ0) is 16.7. The van der Waals surface area contributed by atoms with E-state index in [9.17, 15) is 16.8 Å². The first-order valence-electron chi connectivity index (χ1n) is 7.32. The second-order valence-corrected chi connectivity index (χ2v) is 10.3. The number of hydrogen-bond donors (Lipinski definition) is 0. The lowest BCUT2D eigenvalue weighted by Gasteiger charge is -2.31. The zero-order valence-electron chi connectivity index (χ0n) is 13.4. The van der Waals surface area contributed by atoms with Crippen LogP contribution in [0.1, 0.15) is 26.7 Å². The molecule has 1 fully saturated rings. The molecule has 1 atom stereocenters. The van der Waals surface area contributed by atoms with Gasteiger partial charge in [0.25, 0.3) is 0 Å². The highest BCUT2D eigenvalue weighted by Gasteiger charge is 2.31. The van der Waals surface area contributed by atoms with Crippen molar-refractivity contribution in [1.29, 1.82) is 0 Å². The highest BCUT2D eigenvalue weighted by molar-refractivity contribution is 7.91. The van der Waals surface area contributed by atoms with Crippen molar-refractivity contribution in [3.8, 4) is 0 Å². The quantitative estimate of drug-likeness (QED) is 0.836. The van der Waals surface area contributed by atoms with Gasteiger partial charge in [0.1, 0.15) is 0 Å². The molecule has 1 aliphatic rings. The van der Waals surface area contributed by atoms with E-state index < -0.39 is 19.7 Å². The summed E-state index contributed by atoms with van der Waals surface area (Å²) in [6, 6.07) is 4.70. The van der Waals surface area contributed by atoms with E-state index in [1.165, 1.54) is 12.1 Å². The number of benzene rings is 1. The summed E-state index contributed by atoms with van der Waals surface area (Å²) in [5.74, 6) is 0.407. The predicted octanol–water partition coefficient (Wildman–Crippen LogP) is 2.12. The Labute approximate surface area is 133 Å². The SMILES string of the molecule is CC(C)C1CCCN1c1ccc(S(C)(=O)=O)cc1S(C)(=O)=O. The molecule has 1 aromatic rings. The molecule has 0 radical (unpaired) electrons. The third kappa shape index (κ3) is 3.46. The van der Waals surface area contributed by atoms with Gasteiger partial charge in [0.15, 0.2) is 19.7 Å². The van der Waals surface area contributed by atoms with E-state index in [2.05, 4.69) is 18.7 Å². The van der Waals surface area contributed by atoms with Gasteiger partial charge in [0.2, 0.25) is 0 Å². The Morgan fingerprint density at radius 2 is 1.73 bits per heavy atom. The second kappa shape index (κ2) is 5.85. The van der Waals surface area contributed by atoms with Gasteiger partial charge in [-0.15, -0.1) is 0 Å². The molecule has 7 heteroatoms. The number of nitrogens with zero attached hydrogens (tertiary/aromatic N) is 1. The van der Waals surface area contributed by atoms with Crippen molar-refractivity contribution in [3.05, 3.63) is 18.2 Å². The molecule has 1 heterocycles. The van der Waals surface area contributed by atoms with E-state index in [-0.39, 0.29) is 15.8 Å². The van der Waals surface area contributed by atoms with E-state index in [0.717, 1.165) is 31.9 Å². The van der Waals surface area contributed by atoms with Gasteiger partial charge < -0.3 is 4.90 Å². The highest BCUT2D eigenvalue weighted by atomic mass is 32.2. The van der Waals surface area contributed by atoms with Gasteiger partial charge in [-0.1, -0.05) is 13.8 Å². The van der Waals surface area contributed by atoms with Crippen LogP contribution >= 0.6 is 0 Å². The van der Waals surface area contributed by atoms with E-state index >= 15 is 0 Å². The molecule has 0 bridgehead atoms. The minimum Gasteiger partial charge on any atom is -0.367 e. The van der Waals surface area contributed by atoms with Crippen molar-refractivity contribution in [2.24, 2.45) is 5.92 Å². The molecule has 0 N–H and O–H groups in total. The van der Waals surface area contributed by atoms with Crippen molar-refractivity contribution in [2.45, 2.75) is 42.5 Å². The molecule has 0 aromatic heterocycles. The molecule has 1 aromatic carbocycles. The summed E-state index contributed by atoms with van der Waals surface area (Å²) in [5, 5.41) is 0. The fraction of sp³-hybridized carbons (Fsp3) is 0.600. The first-order valence-corrected chi connectivity index (χ1v) is 11.1. The summed E-state index contributed by atoms with van der Waals surface area (Å²) >= 11 is 0. The molecule has 1 saturated heterocycles. The van der Waals surface area contributed by atoms with E-state index in [1.54, 1.807) is 6.07 Å². The van der Waals surface area contributed by atoms with E-state index in [1.807, 2.05) is 0 Å². The number of hydrogen-bond acceptors (Lipinski definition) is 5. The molecule has 1 unspecified atom stereocenters. The lowest BCUT2D eigenvalue weighted by atomic mass is 10.0. The lowest BCUT2D eigenvalue weighted by Crippen LogP contribution is -2.34. The largest absolute Gasteiger partial charge is 0.367 e. The Kier molecular flexibility index (Phi) is 4.59. The Bertz CT molecular complexity index is 767. The first kappa shape index (κ1) is 17.3. The van der Waals surface area contributed by atoms with Crippen molar-refractivity contribution in [3.63, 3.8) is 0 Å². The number of sulfone groups is 2. The van der Waals surface area contributed by atoms with Gasteiger partial charge >= 0.3 is 0 Å². The summed E-state index contributed by atoms with van der Waals surface area (Å²) in [7, 11) is -6.95. The van der Waals surface area contributed by atoms with Crippen LogP contribution in [-0.4, -0.2) is 41.9 Å². The fourth-order valence-electron chi connectivity index (χ4n) is 3.04. The monoisotopic (exact) mass is 345 g/mol. The van der Waals surface area contributed by atoms with Gasteiger partial charge in [-0.25, -0.2) is 16.8 Å². The van der Waals surface area contributed by atoms with Crippen LogP contribution in [0.5, 0.6) is 0 Å². The van der Waals surface area contributed by atoms with Gasteiger partial charge in [-0.2, -0.15) is 0 Å². The van der Waals surface area contributed by atoms with Crippen LogP contribution in [-0.2, 0) is 19.7 Å². The summed E-state index contributed by atoms with van der Waals surface area (Å²) in [4.78, 5) is 2.24. The summed E-state index contributed by atoms with van der Waals surface area (Å²) in [5.41, 5.74) is 0.617. The summed E-state index contributed by atoms with van der Waals surface area (Å²) in [6.07, 6.45) is 4.24. The lowest BCUT2D eigenvalue weighted by molar-refractivity contribution is 0.490. The average molecular weight is 345 g/mol. The Hall–Kier alpha value is -1.08. The predicted molar refractivity (Wildman–Crippen MR) is 87.9 cm³/mol. The molecule has 0 spiro atoms. The minimum atomic E-state index is -3.51. The normalized spacial score (nSPS) is 19.9. The maximum atomic E-state index is 12.1. The Balaban J connectivity index is 2.62. The molecule has 5 nitrogen and oxygen atoms in total. The van der Waals surface area contributed by atoms with Crippen LogP contribution in [0.15, 0.2) is 28.0 Å². The van der Waals surface area contributed by atoms with Crippen molar-refractivity contribution in [1.82, 2.24) is 0 Å². The number of rotatable bonds is 4. The molecule has 1 aliphatic heterocycles. The molecular weight excluding hydrogens is 322 g/mol. The molecule has 22 heavy (non-hydrogen) atoms. The minimum absolute atomic E-state index is 0.0389. The molecule has 0 saturated carbocycles. The van der Waals surface area contributed by atoms with Gasteiger partial charge in [0, 0.05) is 25.1 Å². The fourth-order valence-corrected chi connectivity index (χ4v) is 4.67. The Morgan fingerprint density at radius 3 is 2.23 bits per heavy atom. The molecule has 0 aliphatic carbocycles. The second-order valence-electron chi connectivity index (χ2n) is 6.32. The van der Waals surface area contributed by atoms with Crippen molar-refractivity contribution < 1.29 is 16.8 Å². The van der Waals surface area contributed by atoms with E-state index in [4.69, 9.17) is 0 Å². The summed E-state index contributed by atoms with van der Waals surface area (Å²) in [6.45, 7) is 5.03. The van der Waals surface area contributed by atoms with Crippen LogP contribution in [0.3, 0.4) is 0 Å². The van der Waals surface area contributed by atoms with Crippen LogP contribution in [0, 0.1) is 5.92 Å². The molecular formula is C15H23NO4S2. The van der Waals surface area contributed by atoms with Gasteiger partial charge in [0.05, 0.1) is 15.5 Å². The summed E-state index contributed by atoms with van der Waals surface area (Å²) < 4.78 is 47.7.